The summed E-state index contributed by atoms with van der Waals surface area (Å²) in [5, 5.41) is 2.63. The molecule has 8 aromatic carbocycles. The van der Waals surface area contributed by atoms with Crippen molar-refractivity contribution in [2.24, 2.45) is 0 Å². The van der Waals surface area contributed by atoms with Crippen molar-refractivity contribution in [2.45, 2.75) is 36.5 Å². The van der Waals surface area contributed by atoms with Gasteiger partial charge in [-0.2, -0.15) is 0 Å². The van der Waals surface area contributed by atoms with Crippen molar-refractivity contribution in [3.05, 3.63) is 210 Å². The number of nitrogens with zero attached hydrogens (tertiary/aromatic N) is 1. The molecule has 0 bridgehead atoms. The van der Waals surface area contributed by atoms with E-state index in [2.05, 4.69) is 193 Å². The molecule has 1 heterocycles. The van der Waals surface area contributed by atoms with Crippen LogP contribution >= 0.6 is 11.3 Å². The molecule has 9 aromatic rings. The minimum absolute atomic E-state index is 0.0515. The third-order valence-electron chi connectivity index (χ3n) is 13.5. The molecule has 0 aliphatic heterocycles. The van der Waals surface area contributed by atoms with Crippen molar-refractivity contribution in [1.82, 2.24) is 0 Å². The average molecular weight is 734 g/mol. The number of benzene rings is 8. The van der Waals surface area contributed by atoms with Crippen molar-refractivity contribution in [2.75, 3.05) is 4.90 Å². The topological polar surface area (TPSA) is 3.24 Å². The molecule has 0 radical (unpaired) electrons. The van der Waals surface area contributed by atoms with Gasteiger partial charge in [-0.1, -0.05) is 146 Å². The van der Waals surface area contributed by atoms with Gasteiger partial charge in [0.05, 0.1) is 5.69 Å². The fourth-order valence-electron chi connectivity index (χ4n) is 11.0. The predicted octanol–water partition coefficient (Wildman–Crippen LogP) is 15.0. The molecule has 2 spiro atoms. The lowest BCUT2D eigenvalue weighted by Crippen LogP contribution is -2.39. The summed E-state index contributed by atoms with van der Waals surface area (Å²) in [7, 11) is 0. The molecule has 0 unspecified atom stereocenters. The number of fused-ring (bicyclic) bond motifs is 13. The standard InChI is InChI=1S/C54H39NS/c1-2-13-36(14-3-1)37-25-27-38(28-26-37)55(49-22-12-24-51-52(49)44-18-7-11-23-50(44)56-51)39-29-30-43-42-17-6-10-21-47(42)54(48(43)35-39)33-31-53(32-34-54)45-19-8-4-15-40(45)41-16-5-9-20-46(41)53/h1-30,35H,31-34H2. The molecule has 1 saturated carbocycles. The van der Waals surface area contributed by atoms with Gasteiger partial charge in [0, 0.05) is 42.4 Å². The Morgan fingerprint density at radius 1 is 0.375 bits per heavy atom. The van der Waals surface area contributed by atoms with Crippen LogP contribution in [0.25, 0.3) is 53.6 Å². The molecular formula is C54H39NS. The summed E-state index contributed by atoms with van der Waals surface area (Å²) in [6, 6.07) is 70.8. The lowest BCUT2D eigenvalue weighted by Gasteiger charge is -2.45. The van der Waals surface area contributed by atoms with E-state index < -0.39 is 0 Å². The van der Waals surface area contributed by atoms with E-state index in [1.54, 1.807) is 0 Å². The molecule has 1 fully saturated rings. The highest BCUT2D eigenvalue weighted by Gasteiger charge is 2.53. The van der Waals surface area contributed by atoms with Crippen LogP contribution in [-0.4, -0.2) is 0 Å². The van der Waals surface area contributed by atoms with Gasteiger partial charge in [0.1, 0.15) is 0 Å². The number of thiophene rings is 1. The van der Waals surface area contributed by atoms with E-state index in [0.29, 0.717) is 0 Å². The van der Waals surface area contributed by atoms with E-state index in [4.69, 9.17) is 0 Å². The van der Waals surface area contributed by atoms with Crippen molar-refractivity contribution < 1.29 is 0 Å². The molecule has 3 aliphatic rings. The largest absolute Gasteiger partial charge is 0.310 e. The lowest BCUT2D eigenvalue weighted by molar-refractivity contribution is 0.265. The Balaban J connectivity index is 1.03. The Morgan fingerprint density at radius 2 is 0.875 bits per heavy atom. The highest BCUT2D eigenvalue weighted by Crippen LogP contribution is 2.64. The van der Waals surface area contributed by atoms with Gasteiger partial charge in [0.15, 0.2) is 0 Å². The number of rotatable bonds is 4. The molecule has 3 aliphatic carbocycles. The number of hydrogen-bond donors (Lipinski definition) is 0. The van der Waals surface area contributed by atoms with Gasteiger partial charge >= 0.3 is 0 Å². The van der Waals surface area contributed by atoms with Crippen LogP contribution in [0.4, 0.5) is 17.1 Å². The van der Waals surface area contributed by atoms with E-state index in [9.17, 15) is 0 Å². The highest BCUT2D eigenvalue weighted by molar-refractivity contribution is 7.26. The van der Waals surface area contributed by atoms with Gasteiger partial charge in [-0.3, -0.25) is 0 Å². The zero-order valence-electron chi connectivity index (χ0n) is 31.1. The van der Waals surface area contributed by atoms with E-state index in [-0.39, 0.29) is 10.8 Å². The quantitative estimate of drug-likeness (QED) is 0.174. The molecule has 1 aromatic heterocycles. The van der Waals surface area contributed by atoms with E-state index in [0.717, 1.165) is 25.7 Å². The molecule has 266 valence electrons. The smallest absolute Gasteiger partial charge is 0.0554 e. The first-order chi connectivity index (χ1) is 27.7. The molecule has 12 rings (SSSR count). The molecule has 0 amide bonds. The van der Waals surface area contributed by atoms with Crippen LogP contribution in [0.3, 0.4) is 0 Å². The Kier molecular flexibility index (Phi) is 6.95. The number of hydrogen-bond acceptors (Lipinski definition) is 2. The van der Waals surface area contributed by atoms with Crippen molar-refractivity contribution in [3.8, 4) is 33.4 Å². The molecule has 1 nitrogen and oxygen atoms in total. The fourth-order valence-corrected chi connectivity index (χ4v) is 12.1. The third kappa shape index (κ3) is 4.48. The van der Waals surface area contributed by atoms with Crippen molar-refractivity contribution >= 4 is 48.6 Å². The second-order valence-electron chi connectivity index (χ2n) is 16.0. The zero-order valence-corrected chi connectivity index (χ0v) is 31.9. The van der Waals surface area contributed by atoms with Crippen molar-refractivity contribution in [3.63, 3.8) is 0 Å². The maximum absolute atomic E-state index is 2.57. The van der Waals surface area contributed by atoms with Gasteiger partial charge in [0.2, 0.25) is 0 Å². The first-order valence-corrected chi connectivity index (χ1v) is 20.8. The molecule has 0 atom stereocenters. The minimum atomic E-state index is -0.0520. The van der Waals surface area contributed by atoms with Gasteiger partial charge in [-0.15, -0.1) is 11.3 Å². The summed E-state index contributed by atoms with van der Waals surface area (Å²) in [5.74, 6) is 0. The summed E-state index contributed by atoms with van der Waals surface area (Å²) in [4.78, 5) is 2.53. The number of anilines is 3. The fraction of sp³-hybridized carbons (Fsp3) is 0.111. The van der Waals surface area contributed by atoms with Gasteiger partial charge in [-0.25, -0.2) is 0 Å². The zero-order chi connectivity index (χ0) is 36.8. The van der Waals surface area contributed by atoms with Gasteiger partial charge in [-0.05, 0) is 124 Å². The minimum Gasteiger partial charge on any atom is -0.310 e. The third-order valence-corrected chi connectivity index (χ3v) is 14.6. The first kappa shape index (κ1) is 32.1. The van der Waals surface area contributed by atoms with Crippen LogP contribution in [0.15, 0.2) is 188 Å². The Morgan fingerprint density at radius 3 is 1.54 bits per heavy atom. The lowest BCUT2D eigenvalue weighted by atomic mass is 9.57. The molecule has 56 heavy (non-hydrogen) atoms. The van der Waals surface area contributed by atoms with E-state index in [1.165, 1.54) is 92.9 Å². The SMILES string of the molecule is c1ccc(-c2ccc(N(c3ccc4c(c3)C3(CCC5(CC3)c3ccccc3-c3ccccc35)c3ccccc3-4)c3cccc4sc5ccccc5c34)cc2)cc1. The summed E-state index contributed by atoms with van der Waals surface area (Å²) in [6.07, 6.45) is 4.48. The molecule has 2 heteroatoms. The summed E-state index contributed by atoms with van der Waals surface area (Å²) in [6.45, 7) is 0. The van der Waals surface area contributed by atoms with Crippen LogP contribution < -0.4 is 4.90 Å². The summed E-state index contributed by atoms with van der Waals surface area (Å²) < 4.78 is 2.64. The Hall–Kier alpha value is -6.22. The average Bonchev–Trinajstić information content (AvgIpc) is 3.88. The van der Waals surface area contributed by atoms with Crippen LogP contribution in [0.1, 0.15) is 47.9 Å². The predicted molar refractivity (Wildman–Crippen MR) is 237 cm³/mol. The van der Waals surface area contributed by atoms with Gasteiger partial charge < -0.3 is 4.90 Å². The van der Waals surface area contributed by atoms with Crippen LogP contribution in [0.2, 0.25) is 0 Å². The van der Waals surface area contributed by atoms with E-state index in [1.807, 2.05) is 11.3 Å². The molecular weight excluding hydrogens is 695 g/mol. The highest BCUT2D eigenvalue weighted by atomic mass is 32.1. The Bertz CT molecular complexity index is 2930. The maximum atomic E-state index is 2.57. The summed E-state index contributed by atoms with van der Waals surface area (Å²) >= 11 is 1.89. The van der Waals surface area contributed by atoms with E-state index >= 15 is 0 Å². The normalized spacial score (nSPS) is 15.5. The Labute approximate surface area is 332 Å². The van der Waals surface area contributed by atoms with Crippen LogP contribution in [0, 0.1) is 0 Å². The molecule has 0 saturated heterocycles. The molecule has 0 N–H and O–H groups in total. The maximum Gasteiger partial charge on any atom is 0.0554 e. The second-order valence-corrected chi connectivity index (χ2v) is 17.1. The first-order valence-electron chi connectivity index (χ1n) is 20.0. The monoisotopic (exact) mass is 733 g/mol. The second kappa shape index (κ2) is 12.1. The van der Waals surface area contributed by atoms with Gasteiger partial charge in [0.25, 0.3) is 0 Å². The summed E-state index contributed by atoms with van der Waals surface area (Å²) in [5.41, 5.74) is 17.8. The van der Waals surface area contributed by atoms with Crippen LogP contribution in [-0.2, 0) is 10.8 Å². The van der Waals surface area contributed by atoms with Crippen LogP contribution in [0.5, 0.6) is 0 Å². The van der Waals surface area contributed by atoms with Crippen molar-refractivity contribution in [1.29, 1.82) is 0 Å².